The predicted octanol–water partition coefficient (Wildman–Crippen LogP) is 2.73. The molecular weight excluding hydrogens is 340 g/mol. The van der Waals surface area contributed by atoms with Gasteiger partial charge in [-0.05, 0) is 51.3 Å². The number of carbonyl (C=O) groups is 1. The Morgan fingerprint density at radius 2 is 1.74 bits per heavy atom. The third-order valence-corrected chi connectivity index (χ3v) is 5.54. The van der Waals surface area contributed by atoms with Crippen molar-refractivity contribution >= 4 is 16.9 Å². The molecule has 0 radical (unpaired) electrons. The Labute approximate surface area is 158 Å². The average Bonchev–Trinajstić information content (AvgIpc) is 3.27. The first-order chi connectivity index (χ1) is 13.0. The summed E-state index contributed by atoms with van der Waals surface area (Å²) in [4.78, 5) is 31.9. The van der Waals surface area contributed by atoms with E-state index in [2.05, 4.69) is 4.98 Å². The number of aryl methyl sites for hydroxylation is 2. The van der Waals surface area contributed by atoms with Crippen LogP contribution in [0, 0.1) is 20.8 Å². The van der Waals surface area contributed by atoms with E-state index in [0.717, 1.165) is 42.9 Å². The van der Waals surface area contributed by atoms with Crippen molar-refractivity contribution in [1.29, 1.82) is 0 Å². The second-order valence-electron chi connectivity index (χ2n) is 7.35. The van der Waals surface area contributed by atoms with Gasteiger partial charge in [0, 0.05) is 24.5 Å². The van der Waals surface area contributed by atoms with Gasteiger partial charge in [-0.1, -0.05) is 17.7 Å². The fourth-order valence-electron chi connectivity index (χ4n) is 3.82. The highest BCUT2D eigenvalue weighted by Gasteiger charge is 2.21. The molecule has 0 atom stereocenters. The Balaban J connectivity index is 1.79. The summed E-state index contributed by atoms with van der Waals surface area (Å²) >= 11 is 0. The van der Waals surface area contributed by atoms with Crippen LogP contribution in [0.25, 0.3) is 16.7 Å². The first kappa shape index (κ1) is 17.5. The van der Waals surface area contributed by atoms with Gasteiger partial charge in [-0.3, -0.25) is 18.7 Å². The fraction of sp³-hybridized carbons (Fsp3) is 0.381. The van der Waals surface area contributed by atoms with Crippen molar-refractivity contribution in [1.82, 2.24) is 19.0 Å². The van der Waals surface area contributed by atoms with Gasteiger partial charge in [-0.25, -0.2) is 4.98 Å². The van der Waals surface area contributed by atoms with Gasteiger partial charge in [0.15, 0.2) is 5.65 Å². The Bertz CT molecular complexity index is 1070. The number of benzene rings is 1. The quantitative estimate of drug-likeness (QED) is 0.718. The standard InChI is InChI=1S/C21H24N4O2/c1-14-6-8-17(9-7-14)25-16(3)15(2)19-20(25)22-13-24(21(19)27)12-18(26)23-10-4-5-11-23/h6-9,13H,4-5,10-12H2,1-3H3. The van der Waals surface area contributed by atoms with Gasteiger partial charge in [0.05, 0.1) is 5.39 Å². The molecular formula is C21H24N4O2. The van der Waals surface area contributed by atoms with Gasteiger partial charge < -0.3 is 4.90 Å². The van der Waals surface area contributed by atoms with Crippen LogP contribution >= 0.6 is 0 Å². The molecule has 0 unspecified atom stereocenters. The van der Waals surface area contributed by atoms with Crippen LogP contribution in [0.1, 0.15) is 29.7 Å². The number of hydrogen-bond donors (Lipinski definition) is 0. The number of carbonyl (C=O) groups excluding carboxylic acids is 1. The van der Waals surface area contributed by atoms with Crippen LogP contribution in [0.3, 0.4) is 0 Å². The molecule has 1 amide bonds. The minimum Gasteiger partial charge on any atom is -0.341 e. The zero-order valence-corrected chi connectivity index (χ0v) is 16.0. The van der Waals surface area contributed by atoms with Crippen molar-refractivity contribution < 1.29 is 4.79 Å². The van der Waals surface area contributed by atoms with Gasteiger partial charge >= 0.3 is 0 Å². The summed E-state index contributed by atoms with van der Waals surface area (Å²) in [5.41, 5.74) is 4.55. The largest absolute Gasteiger partial charge is 0.341 e. The molecule has 4 rings (SSSR count). The average molecular weight is 364 g/mol. The second-order valence-corrected chi connectivity index (χ2v) is 7.35. The van der Waals surface area contributed by atoms with Gasteiger partial charge in [-0.2, -0.15) is 0 Å². The molecule has 0 N–H and O–H groups in total. The number of hydrogen-bond acceptors (Lipinski definition) is 3. The van der Waals surface area contributed by atoms with Crippen molar-refractivity contribution in [3.8, 4) is 5.69 Å². The maximum absolute atomic E-state index is 13.1. The highest BCUT2D eigenvalue weighted by atomic mass is 16.2. The Kier molecular flexibility index (Phi) is 4.34. The van der Waals surface area contributed by atoms with E-state index >= 15 is 0 Å². The third kappa shape index (κ3) is 2.95. The van der Waals surface area contributed by atoms with Crippen LogP contribution in [0.4, 0.5) is 0 Å². The topological polar surface area (TPSA) is 60.1 Å². The molecule has 0 aliphatic carbocycles. The summed E-state index contributed by atoms with van der Waals surface area (Å²) < 4.78 is 3.45. The number of amides is 1. The highest BCUT2D eigenvalue weighted by Crippen LogP contribution is 2.25. The minimum atomic E-state index is -0.154. The van der Waals surface area contributed by atoms with Crippen LogP contribution < -0.4 is 5.56 Å². The van der Waals surface area contributed by atoms with E-state index < -0.39 is 0 Å². The molecule has 2 aromatic heterocycles. The molecule has 1 aliphatic rings. The van der Waals surface area contributed by atoms with Crippen LogP contribution in [0.15, 0.2) is 35.4 Å². The summed E-state index contributed by atoms with van der Waals surface area (Å²) in [7, 11) is 0. The zero-order valence-electron chi connectivity index (χ0n) is 16.0. The van der Waals surface area contributed by atoms with Crippen LogP contribution in [0.5, 0.6) is 0 Å². The van der Waals surface area contributed by atoms with Gasteiger partial charge in [-0.15, -0.1) is 0 Å². The zero-order chi connectivity index (χ0) is 19.1. The summed E-state index contributed by atoms with van der Waals surface area (Å²) in [6.45, 7) is 7.60. The van der Waals surface area contributed by atoms with E-state index in [1.54, 1.807) is 0 Å². The Hall–Kier alpha value is -2.89. The van der Waals surface area contributed by atoms with E-state index in [-0.39, 0.29) is 18.0 Å². The SMILES string of the molecule is Cc1ccc(-n2c(C)c(C)c3c(=O)n(CC(=O)N4CCCC4)cnc32)cc1. The fourth-order valence-corrected chi connectivity index (χ4v) is 3.82. The number of nitrogens with zero attached hydrogens (tertiary/aromatic N) is 4. The van der Waals surface area contributed by atoms with Gasteiger partial charge in [0.25, 0.3) is 5.56 Å². The summed E-state index contributed by atoms with van der Waals surface area (Å²) in [5, 5.41) is 0.588. The van der Waals surface area contributed by atoms with Crippen molar-refractivity contribution in [2.75, 3.05) is 13.1 Å². The third-order valence-electron chi connectivity index (χ3n) is 5.54. The molecule has 1 saturated heterocycles. The molecule has 0 bridgehead atoms. The maximum atomic E-state index is 13.1. The van der Waals surface area contributed by atoms with E-state index in [4.69, 9.17) is 0 Å². The number of likely N-dealkylation sites (tertiary alicyclic amines) is 1. The molecule has 6 heteroatoms. The molecule has 0 saturated carbocycles. The first-order valence-corrected chi connectivity index (χ1v) is 9.39. The highest BCUT2D eigenvalue weighted by molar-refractivity contribution is 5.83. The van der Waals surface area contributed by atoms with E-state index in [0.29, 0.717) is 11.0 Å². The lowest BCUT2D eigenvalue weighted by molar-refractivity contribution is -0.130. The first-order valence-electron chi connectivity index (χ1n) is 9.39. The lowest BCUT2D eigenvalue weighted by Gasteiger charge is -2.15. The number of aromatic nitrogens is 3. The number of fused-ring (bicyclic) bond motifs is 1. The monoisotopic (exact) mass is 364 g/mol. The van der Waals surface area contributed by atoms with Crippen molar-refractivity contribution in [2.24, 2.45) is 0 Å². The molecule has 6 nitrogen and oxygen atoms in total. The Morgan fingerprint density at radius 3 is 2.41 bits per heavy atom. The molecule has 1 aliphatic heterocycles. The molecule has 0 spiro atoms. The van der Waals surface area contributed by atoms with Crippen LogP contribution in [-0.4, -0.2) is 38.0 Å². The van der Waals surface area contributed by atoms with Crippen molar-refractivity contribution in [3.05, 3.63) is 57.8 Å². The molecule has 27 heavy (non-hydrogen) atoms. The lowest BCUT2D eigenvalue weighted by Crippen LogP contribution is -2.34. The second kappa shape index (κ2) is 6.68. The molecule has 1 fully saturated rings. The summed E-state index contributed by atoms with van der Waals surface area (Å²) in [6.07, 6.45) is 3.58. The lowest BCUT2D eigenvalue weighted by atomic mass is 10.2. The predicted molar refractivity (Wildman–Crippen MR) is 105 cm³/mol. The number of rotatable bonds is 3. The van der Waals surface area contributed by atoms with E-state index in [1.165, 1.54) is 16.5 Å². The van der Waals surface area contributed by atoms with E-state index in [1.807, 2.05) is 54.5 Å². The van der Waals surface area contributed by atoms with Crippen molar-refractivity contribution in [3.63, 3.8) is 0 Å². The van der Waals surface area contributed by atoms with Crippen LogP contribution in [0.2, 0.25) is 0 Å². The smallest absolute Gasteiger partial charge is 0.263 e. The molecule has 3 heterocycles. The van der Waals surface area contributed by atoms with Gasteiger partial charge in [0.1, 0.15) is 12.9 Å². The summed E-state index contributed by atoms with van der Waals surface area (Å²) in [5.74, 6) is -0.0110. The van der Waals surface area contributed by atoms with Crippen LogP contribution in [-0.2, 0) is 11.3 Å². The molecule has 3 aromatic rings. The van der Waals surface area contributed by atoms with E-state index in [9.17, 15) is 9.59 Å². The normalized spacial score (nSPS) is 14.3. The molecule has 1 aromatic carbocycles. The van der Waals surface area contributed by atoms with Gasteiger partial charge in [0.2, 0.25) is 5.91 Å². The summed E-state index contributed by atoms with van der Waals surface area (Å²) in [6, 6.07) is 8.16. The van der Waals surface area contributed by atoms with Crippen molar-refractivity contribution in [2.45, 2.75) is 40.2 Å². The maximum Gasteiger partial charge on any atom is 0.263 e. The minimum absolute atomic E-state index is 0.0110. The molecule has 140 valence electrons. The Morgan fingerprint density at radius 1 is 1.07 bits per heavy atom.